The van der Waals surface area contributed by atoms with Crippen molar-refractivity contribution in [3.05, 3.63) is 35.7 Å². The summed E-state index contributed by atoms with van der Waals surface area (Å²) in [6.07, 6.45) is 4.52. The molecule has 0 amide bonds. The summed E-state index contributed by atoms with van der Waals surface area (Å²) in [5, 5.41) is 8.14. The second-order valence-corrected chi connectivity index (χ2v) is 6.72. The van der Waals surface area contributed by atoms with Gasteiger partial charge in [-0.25, -0.2) is 0 Å². The van der Waals surface area contributed by atoms with Gasteiger partial charge in [0.05, 0.1) is 5.69 Å². The number of rotatable bonds is 1. The normalized spacial score (nSPS) is 14.8. The quantitative estimate of drug-likeness (QED) is 0.854. The van der Waals surface area contributed by atoms with Gasteiger partial charge in [0.1, 0.15) is 0 Å². The molecule has 0 fully saturated rings. The highest BCUT2D eigenvalue weighted by Crippen LogP contribution is 2.34. The van der Waals surface area contributed by atoms with E-state index in [1.165, 1.54) is 40.9 Å². The van der Waals surface area contributed by atoms with Crippen LogP contribution >= 0.6 is 0 Å². The molecule has 106 valence electrons. The van der Waals surface area contributed by atoms with Gasteiger partial charge in [0, 0.05) is 36.5 Å². The molecule has 1 aromatic carbocycles. The van der Waals surface area contributed by atoms with Crippen LogP contribution in [0.4, 0.5) is 5.69 Å². The van der Waals surface area contributed by atoms with Crippen LogP contribution in [-0.2, 0) is 18.9 Å². The van der Waals surface area contributed by atoms with Gasteiger partial charge in [0.25, 0.3) is 0 Å². The Hall–Kier alpha value is -1.77. The molecule has 1 aromatic heterocycles. The molecule has 1 aliphatic rings. The molecule has 0 bridgehead atoms. The van der Waals surface area contributed by atoms with Crippen LogP contribution < -0.4 is 5.32 Å². The van der Waals surface area contributed by atoms with Crippen molar-refractivity contribution >= 4 is 5.69 Å². The van der Waals surface area contributed by atoms with E-state index in [-0.39, 0.29) is 5.41 Å². The minimum absolute atomic E-state index is 0.0603. The Morgan fingerprint density at radius 2 is 2.05 bits per heavy atom. The van der Waals surface area contributed by atoms with E-state index in [0.717, 1.165) is 6.54 Å². The maximum Gasteiger partial charge on any atom is 0.0756 e. The van der Waals surface area contributed by atoms with Crippen molar-refractivity contribution in [2.45, 2.75) is 39.0 Å². The summed E-state index contributed by atoms with van der Waals surface area (Å²) in [5.41, 5.74) is 6.49. The number of aryl methyl sites for hydroxylation is 2. The van der Waals surface area contributed by atoms with Crippen molar-refractivity contribution in [1.82, 2.24) is 9.78 Å². The molecular weight excluding hydrogens is 246 g/mol. The van der Waals surface area contributed by atoms with E-state index in [2.05, 4.69) is 55.6 Å². The van der Waals surface area contributed by atoms with Gasteiger partial charge in [-0.1, -0.05) is 26.8 Å². The van der Waals surface area contributed by atoms with E-state index in [1.54, 1.807) is 0 Å². The summed E-state index contributed by atoms with van der Waals surface area (Å²) in [4.78, 5) is 0. The Morgan fingerprint density at radius 3 is 2.80 bits per heavy atom. The number of anilines is 1. The molecule has 3 heteroatoms. The van der Waals surface area contributed by atoms with Crippen LogP contribution in [0.1, 0.15) is 38.4 Å². The molecular formula is C17H23N3. The zero-order chi connectivity index (χ0) is 14.3. The first-order chi connectivity index (χ1) is 9.45. The summed E-state index contributed by atoms with van der Waals surface area (Å²) in [5.74, 6) is 0. The second kappa shape index (κ2) is 4.65. The number of aromatic nitrogens is 2. The first kappa shape index (κ1) is 13.2. The lowest BCUT2D eigenvalue weighted by Gasteiger charge is -2.20. The van der Waals surface area contributed by atoms with Gasteiger partial charge in [0.2, 0.25) is 0 Å². The number of benzene rings is 1. The first-order valence-electron chi connectivity index (χ1n) is 7.36. The van der Waals surface area contributed by atoms with Gasteiger partial charge in [-0.2, -0.15) is 5.10 Å². The van der Waals surface area contributed by atoms with E-state index >= 15 is 0 Å². The SMILES string of the molecule is Cn1cc(-c2ccc3c(c2)CCCN3)c(C(C)(C)C)n1. The van der Waals surface area contributed by atoms with Gasteiger partial charge < -0.3 is 5.32 Å². The highest BCUT2D eigenvalue weighted by Gasteiger charge is 2.23. The molecule has 0 radical (unpaired) electrons. The zero-order valence-electron chi connectivity index (χ0n) is 12.8. The van der Waals surface area contributed by atoms with E-state index in [9.17, 15) is 0 Å². The number of nitrogens with one attached hydrogen (secondary N) is 1. The van der Waals surface area contributed by atoms with E-state index in [4.69, 9.17) is 0 Å². The third-order valence-electron chi connectivity index (χ3n) is 3.89. The average molecular weight is 269 g/mol. The molecule has 3 nitrogen and oxygen atoms in total. The molecule has 0 atom stereocenters. The second-order valence-electron chi connectivity index (χ2n) is 6.72. The van der Waals surface area contributed by atoms with Gasteiger partial charge in [-0.3, -0.25) is 4.68 Å². The number of hydrogen-bond donors (Lipinski definition) is 1. The lowest BCUT2D eigenvalue weighted by Crippen LogP contribution is -2.14. The van der Waals surface area contributed by atoms with Crippen LogP contribution in [-0.4, -0.2) is 16.3 Å². The van der Waals surface area contributed by atoms with Crippen LogP contribution in [0.5, 0.6) is 0 Å². The third kappa shape index (κ3) is 2.33. The van der Waals surface area contributed by atoms with Crippen molar-refractivity contribution in [3.8, 4) is 11.1 Å². The first-order valence-corrected chi connectivity index (χ1v) is 7.36. The van der Waals surface area contributed by atoms with Crippen LogP contribution in [0.2, 0.25) is 0 Å². The summed E-state index contributed by atoms with van der Waals surface area (Å²) in [7, 11) is 2.00. The molecule has 2 aromatic rings. The van der Waals surface area contributed by atoms with Crippen molar-refractivity contribution < 1.29 is 0 Å². The Kier molecular flexibility index (Phi) is 3.08. The smallest absolute Gasteiger partial charge is 0.0756 e. The number of nitrogens with zero attached hydrogens (tertiary/aromatic N) is 2. The third-order valence-corrected chi connectivity index (χ3v) is 3.89. The van der Waals surface area contributed by atoms with Crippen LogP contribution in [0.25, 0.3) is 11.1 Å². The maximum atomic E-state index is 4.67. The molecule has 20 heavy (non-hydrogen) atoms. The largest absolute Gasteiger partial charge is 0.385 e. The van der Waals surface area contributed by atoms with Crippen LogP contribution in [0.3, 0.4) is 0 Å². The Bertz CT molecular complexity index is 632. The van der Waals surface area contributed by atoms with E-state index in [1.807, 2.05) is 11.7 Å². The van der Waals surface area contributed by atoms with Gasteiger partial charge >= 0.3 is 0 Å². The predicted molar refractivity (Wildman–Crippen MR) is 84.2 cm³/mol. The fourth-order valence-corrected chi connectivity index (χ4v) is 2.90. The highest BCUT2D eigenvalue weighted by molar-refractivity contribution is 5.71. The topological polar surface area (TPSA) is 29.9 Å². The lowest BCUT2D eigenvalue weighted by atomic mass is 9.87. The summed E-state index contributed by atoms with van der Waals surface area (Å²) >= 11 is 0. The highest BCUT2D eigenvalue weighted by atomic mass is 15.3. The molecule has 0 unspecified atom stereocenters. The Morgan fingerprint density at radius 1 is 1.25 bits per heavy atom. The molecule has 3 rings (SSSR count). The molecule has 0 saturated heterocycles. The predicted octanol–water partition coefficient (Wildman–Crippen LogP) is 3.74. The molecule has 1 aliphatic heterocycles. The zero-order valence-corrected chi connectivity index (χ0v) is 12.8. The van der Waals surface area contributed by atoms with Gasteiger partial charge in [-0.15, -0.1) is 0 Å². The molecule has 2 heterocycles. The van der Waals surface area contributed by atoms with Crippen molar-refractivity contribution in [2.75, 3.05) is 11.9 Å². The number of hydrogen-bond acceptors (Lipinski definition) is 2. The molecule has 0 spiro atoms. The standard InChI is InChI=1S/C17H23N3/c1-17(2,3)16-14(11-20(4)19-16)12-7-8-15-13(10-12)6-5-9-18-15/h7-8,10-11,18H,5-6,9H2,1-4H3. The summed E-state index contributed by atoms with van der Waals surface area (Å²) in [6.45, 7) is 7.75. The van der Waals surface area contributed by atoms with Crippen molar-refractivity contribution in [3.63, 3.8) is 0 Å². The molecule has 0 aliphatic carbocycles. The minimum atomic E-state index is 0.0603. The fourth-order valence-electron chi connectivity index (χ4n) is 2.90. The van der Waals surface area contributed by atoms with Gasteiger partial charge in [0.15, 0.2) is 0 Å². The Balaban J connectivity index is 2.09. The fraction of sp³-hybridized carbons (Fsp3) is 0.471. The van der Waals surface area contributed by atoms with Crippen LogP contribution in [0, 0.1) is 0 Å². The van der Waals surface area contributed by atoms with Gasteiger partial charge in [-0.05, 0) is 36.1 Å². The monoisotopic (exact) mass is 269 g/mol. The van der Waals surface area contributed by atoms with Crippen molar-refractivity contribution in [2.24, 2.45) is 7.05 Å². The average Bonchev–Trinajstić information content (AvgIpc) is 2.80. The van der Waals surface area contributed by atoms with Crippen molar-refractivity contribution in [1.29, 1.82) is 0 Å². The minimum Gasteiger partial charge on any atom is -0.385 e. The molecule has 0 saturated carbocycles. The molecule has 1 N–H and O–H groups in total. The maximum absolute atomic E-state index is 4.67. The number of fused-ring (bicyclic) bond motifs is 1. The Labute approximate surface area is 121 Å². The van der Waals surface area contributed by atoms with Crippen LogP contribution in [0.15, 0.2) is 24.4 Å². The summed E-state index contributed by atoms with van der Waals surface area (Å²) in [6, 6.07) is 6.75. The lowest BCUT2D eigenvalue weighted by molar-refractivity contribution is 0.554. The van der Waals surface area contributed by atoms with E-state index in [0.29, 0.717) is 0 Å². The summed E-state index contributed by atoms with van der Waals surface area (Å²) < 4.78 is 1.92. The van der Waals surface area contributed by atoms with E-state index < -0.39 is 0 Å².